The van der Waals surface area contributed by atoms with Crippen molar-refractivity contribution < 1.29 is 4.74 Å². The average molecular weight is 393 g/mol. The quantitative estimate of drug-likeness (QED) is 0.564. The molecular weight excluding hydrogens is 371 g/mol. The van der Waals surface area contributed by atoms with Gasteiger partial charge in [0.1, 0.15) is 5.75 Å². The van der Waals surface area contributed by atoms with E-state index < -0.39 is 0 Å². The monoisotopic (exact) mass is 392 g/mol. The first kappa shape index (κ1) is 19.0. The summed E-state index contributed by atoms with van der Waals surface area (Å²) >= 11 is 12.0. The number of nitrogens with one attached hydrogen (secondary N) is 1. The van der Waals surface area contributed by atoms with Gasteiger partial charge in [0.25, 0.3) is 0 Å². The van der Waals surface area contributed by atoms with E-state index in [4.69, 9.17) is 27.9 Å². The summed E-state index contributed by atoms with van der Waals surface area (Å²) in [6.45, 7) is 5.12. The number of nitrogens with zero attached hydrogens (tertiary/aromatic N) is 3. The number of likely N-dealkylation sites (tertiary alicyclic amines) is 1. The van der Waals surface area contributed by atoms with Crippen molar-refractivity contribution in [2.24, 2.45) is 5.10 Å². The Morgan fingerprint density at radius 3 is 2.73 bits per heavy atom. The standard InChI is InChI=1S/C19H22Cl2N4O/c1-13(23-24-19-17(21)10-16(20)11-22-19)14-5-6-18(26-2)15(9-14)12-25-7-3-4-8-25/h5-6,9-11H,3-4,7-8,12H2,1-2H3,(H,22,24)/b23-13-. The number of hydrogen-bond acceptors (Lipinski definition) is 5. The van der Waals surface area contributed by atoms with Crippen LogP contribution in [0.25, 0.3) is 0 Å². The maximum Gasteiger partial charge on any atom is 0.165 e. The summed E-state index contributed by atoms with van der Waals surface area (Å²) in [6.07, 6.45) is 4.06. The van der Waals surface area contributed by atoms with Gasteiger partial charge in [-0.2, -0.15) is 5.10 Å². The number of aromatic nitrogens is 1. The molecule has 1 N–H and O–H groups in total. The number of rotatable bonds is 6. The molecular formula is C19H22Cl2N4O. The molecule has 0 atom stereocenters. The van der Waals surface area contributed by atoms with E-state index >= 15 is 0 Å². The summed E-state index contributed by atoms with van der Waals surface area (Å²) in [5.74, 6) is 1.38. The first-order valence-electron chi connectivity index (χ1n) is 8.58. The van der Waals surface area contributed by atoms with Gasteiger partial charge in [0, 0.05) is 18.3 Å². The minimum Gasteiger partial charge on any atom is -0.496 e. The highest BCUT2D eigenvalue weighted by Crippen LogP contribution is 2.25. The van der Waals surface area contributed by atoms with E-state index in [2.05, 4.69) is 26.5 Å². The van der Waals surface area contributed by atoms with Crippen molar-refractivity contribution in [3.8, 4) is 5.75 Å². The van der Waals surface area contributed by atoms with Crippen LogP contribution in [0.5, 0.6) is 5.75 Å². The van der Waals surface area contributed by atoms with Crippen molar-refractivity contribution in [2.45, 2.75) is 26.3 Å². The molecule has 0 aliphatic carbocycles. The summed E-state index contributed by atoms with van der Waals surface area (Å²) in [5, 5.41) is 5.32. The second-order valence-electron chi connectivity index (χ2n) is 6.30. The number of ether oxygens (including phenoxy) is 1. The van der Waals surface area contributed by atoms with Crippen LogP contribution in [-0.2, 0) is 6.54 Å². The lowest BCUT2D eigenvalue weighted by Gasteiger charge is -2.18. The van der Waals surface area contributed by atoms with Gasteiger partial charge in [-0.3, -0.25) is 10.3 Å². The second-order valence-corrected chi connectivity index (χ2v) is 7.15. The summed E-state index contributed by atoms with van der Waals surface area (Å²) in [7, 11) is 1.71. The molecule has 0 amide bonds. The van der Waals surface area contributed by atoms with Crippen LogP contribution in [0.1, 0.15) is 30.9 Å². The zero-order valence-corrected chi connectivity index (χ0v) is 16.4. The minimum absolute atomic E-state index is 0.429. The van der Waals surface area contributed by atoms with Crippen LogP contribution in [0.15, 0.2) is 35.6 Å². The van der Waals surface area contributed by atoms with Crippen molar-refractivity contribution in [3.63, 3.8) is 0 Å². The fourth-order valence-electron chi connectivity index (χ4n) is 3.01. The van der Waals surface area contributed by atoms with E-state index in [1.807, 2.05) is 19.1 Å². The number of pyridine rings is 1. The van der Waals surface area contributed by atoms with Crippen molar-refractivity contribution in [2.75, 3.05) is 25.6 Å². The number of halogens is 2. The van der Waals surface area contributed by atoms with Gasteiger partial charge in [0.2, 0.25) is 0 Å². The molecule has 5 nitrogen and oxygen atoms in total. The highest BCUT2D eigenvalue weighted by atomic mass is 35.5. The molecule has 1 aliphatic heterocycles. The van der Waals surface area contributed by atoms with Gasteiger partial charge in [-0.25, -0.2) is 4.98 Å². The number of anilines is 1. The van der Waals surface area contributed by atoms with Gasteiger partial charge >= 0.3 is 0 Å². The van der Waals surface area contributed by atoms with Crippen LogP contribution in [0.3, 0.4) is 0 Å². The molecule has 0 spiro atoms. The molecule has 0 saturated carbocycles. The highest BCUT2D eigenvalue weighted by molar-refractivity contribution is 6.35. The second kappa shape index (κ2) is 8.71. The molecule has 1 aromatic carbocycles. The van der Waals surface area contributed by atoms with Crippen LogP contribution >= 0.6 is 23.2 Å². The van der Waals surface area contributed by atoms with Crippen molar-refractivity contribution in [3.05, 3.63) is 51.6 Å². The Morgan fingerprint density at radius 1 is 1.27 bits per heavy atom. The third-order valence-corrected chi connectivity index (χ3v) is 4.92. The Morgan fingerprint density at radius 2 is 2.04 bits per heavy atom. The largest absolute Gasteiger partial charge is 0.496 e. The van der Waals surface area contributed by atoms with Gasteiger partial charge in [0.15, 0.2) is 5.82 Å². The molecule has 1 aliphatic rings. The molecule has 2 aromatic rings. The lowest BCUT2D eigenvalue weighted by Crippen LogP contribution is -2.19. The van der Waals surface area contributed by atoms with Gasteiger partial charge in [-0.15, -0.1) is 0 Å². The minimum atomic E-state index is 0.429. The fraction of sp³-hybridized carbons (Fsp3) is 0.368. The van der Waals surface area contributed by atoms with Crippen molar-refractivity contribution in [1.29, 1.82) is 0 Å². The van der Waals surface area contributed by atoms with Crippen molar-refractivity contribution >= 4 is 34.7 Å². The van der Waals surface area contributed by atoms with Gasteiger partial charge < -0.3 is 4.74 Å². The Kier molecular flexibility index (Phi) is 6.35. The average Bonchev–Trinajstić information content (AvgIpc) is 3.13. The summed E-state index contributed by atoms with van der Waals surface area (Å²) < 4.78 is 5.52. The fourth-order valence-corrected chi connectivity index (χ4v) is 3.43. The molecule has 26 heavy (non-hydrogen) atoms. The summed E-state index contributed by atoms with van der Waals surface area (Å²) in [5.41, 5.74) is 5.94. The van der Waals surface area contributed by atoms with E-state index in [-0.39, 0.29) is 0 Å². The van der Waals surface area contributed by atoms with Crippen LogP contribution in [-0.4, -0.2) is 35.8 Å². The predicted molar refractivity (Wildman–Crippen MR) is 108 cm³/mol. The maximum atomic E-state index is 6.12. The Bertz CT molecular complexity index is 804. The van der Waals surface area contributed by atoms with Crippen LogP contribution in [0.4, 0.5) is 5.82 Å². The predicted octanol–water partition coefficient (Wildman–Crippen LogP) is 4.83. The smallest absolute Gasteiger partial charge is 0.165 e. The number of methoxy groups -OCH3 is 1. The molecule has 138 valence electrons. The van der Waals surface area contributed by atoms with Crippen molar-refractivity contribution in [1.82, 2.24) is 9.88 Å². The van der Waals surface area contributed by atoms with Gasteiger partial charge in [-0.1, -0.05) is 23.2 Å². The summed E-state index contributed by atoms with van der Waals surface area (Å²) in [6, 6.07) is 7.76. The third-order valence-electron chi connectivity index (χ3n) is 4.43. The van der Waals surface area contributed by atoms with E-state index in [9.17, 15) is 0 Å². The van der Waals surface area contributed by atoms with E-state index in [1.165, 1.54) is 24.6 Å². The molecule has 0 bridgehead atoms. The third kappa shape index (κ3) is 4.67. The SMILES string of the molecule is COc1ccc(/C(C)=N\Nc2ncc(Cl)cc2Cl)cc1CN1CCCC1. The topological polar surface area (TPSA) is 49.8 Å². The van der Waals surface area contributed by atoms with E-state index in [1.54, 1.807) is 13.2 Å². The Labute approximate surface area is 164 Å². The lowest BCUT2D eigenvalue weighted by atomic mass is 10.1. The van der Waals surface area contributed by atoms with Gasteiger partial charge in [-0.05, 0) is 62.7 Å². The number of hydrazone groups is 1. The Balaban J connectivity index is 1.78. The first-order chi connectivity index (χ1) is 12.6. The number of benzene rings is 1. The van der Waals surface area contributed by atoms with E-state index in [0.717, 1.165) is 36.7 Å². The lowest BCUT2D eigenvalue weighted by molar-refractivity contribution is 0.321. The van der Waals surface area contributed by atoms with E-state index in [0.29, 0.717) is 15.9 Å². The molecule has 0 radical (unpaired) electrons. The maximum absolute atomic E-state index is 6.12. The number of hydrogen-bond donors (Lipinski definition) is 1. The zero-order chi connectivity index (χ0) is 18.5. The molecule has 3 rings (SSSR count). The molecule has 1 saturated heterocycles. The molecule has 1 fully saturated rings. The zero-order valence-electron chi connectivity index (χ0n) is 14.9. The summed E-state index contributed by atoms with van der Waals surface area (Å²) in [4.78, 5) is 6.60. The molecule has 7 heteroatoms. The van der Waals surface area contributed by atoms with Gasteiger partial charge in [0.05, 0.1) is 22.9 Å². The molecule has 0 unspecified atom stereocenters. The normalized spacial score (nSPS) is 15.3. The Hall–Kier alpha value is -1.82. The molecule has 2 heterocycles. The first-order valence-corrected chi connectivity index (χ1v) is 9.33. The van der Waals surface area contributed by atoms with Crippen LogP contribution in [0.2, 0.25) is 10.0 Å². The highest BCUT2D eigenvalue weighted by Gasteiger charge is 2.15. The van der Waals surface area contributed by atoms with Crippen LogP contribution in [0, 0.1) is 0 Å². The molecule has 1 aromatic heterocycles. The van der Waals surface area contributed by atoms with Crippen LogP contribution < -0.4 is 10.2 Å².